The Balaban J connectivity index is 1.77. The molecule has 2 N–H and O–H groups in total. The van der Waals surface area contributed by atoms with Gasteiger partial charge in [-0.05, 0) is 18.9 Å². The quantitative estimate of drug-likeness (QED) is 0.872. The molecule has 0 atom stereocenters. The monoisotopic (exact) mass is 247 g/mol. The van der Waals surface area contributed by atoms with Crippen LogP contribution in [0.5, 0.6) is 0 Å². The molecule has 0 unspecified atom stereocenters. The van der Waals surface area contributed by atoms with Crippen molar-refractivity contribution >= 4 is 11.6 Å². The maximum Gasteiger partial charge on any atom is 0.120 e. The summed E-state index contributed by atoms with van der Waals surface area (Å²) < 4.78 is 0. The molecule has 1 aromatic heterocycles. The molecule has 2 aromatic rings. The van der Waals surface area contributed by atoms with E-state index in [-0.39, 0.29) is 0 Å². The molecule has 1 heterocycles. The van der Waals surface area contributed by atoms with Crippen molar-refractivity contribution < 1.29 is 0 Å². The summed E-state index contributed by atoms with van der Waals surface area (Å²) in [7, 11) is 0. The molecule has 1 fully saturated rings. The average Bonchev–Trinajstić information content (AvgIpc) is 3.06. The highest BCUT2D eigenvalue weighted by Gasteiger charge is 2.20. The van der Waals surface area contributed by atoms with Crippen LogP contribution in [0.4, 0.5) is 0 Å². The second kappa shape index (κ2) is 4.51. The first-order valence-electron chi connectivity index (χ1n) is 5.85. The SMILES string of the molecule is Clc1ccccc1-c1cnc(CNC2CC2)[nH]1. The lowest BCUT2D eigenvalue weighted by Gasteiger charge is -2.01. The Morgan fingerprint density at radius 3 is 2.94 bits per heavy atom. The molecule has 0 amide bonds. The maximum absolute atomic E-state index is 6.14. The standard InChI is InChI=1S/C13H14ClN3/c14-11-4-2-1-3-10(11)12-7-16-13(17-12)8-15-9-5-6-9/h1-4,7,9,15H,5-6,8H2,(H,16,17). The Morgan fingerprint density at radius 1 is 1.35 bits per heavy atom. The second-order valence-electron chi connectivity index (χ2n) is 4.38. The Bertz CT molecular complexity index is 517. The number of hydrogen-bond acceptors (Lipinski definition) is 2. The van der Waals surface area contributed by atoms with Crippen molar-refractivity contribution in [1.29, 1.82) is 0 Å². The van der Waals surface area contributed by atoms with Crippen molar-refractivity contribution in [2.24, 2.45) is 0 Å². The number of benzene rings is 1. The van der Waals surface area contributed by atoms with E-state index >= 15 is 0 Å². The van der Waals surface area contributed by atoms with Crippen LogP contribution < -0.4 is 5.32 Å². The largest absolute Gasteiger partial charge is 0.341 e. The highest BCUT2D eigenvalue weighted by atomic mass is 35.5. The maximum atomic E-state index is 6.14. The van der Waals surface area contributed by atoms with E-state index in [9.17, 15) is 0 Å². The van der Waals surface area contributed by atoms with Gasteiger partial charge in [-0.15, -0.1) is 0 Å². The number of aromatic amines is 1. The minimum absolute atomic E-state index is 0.698. The smallest absolute Gasteiger partial charge is 0.120 e. The van der Waals surface area contributed by atoms with Gasteiger partial charge in [0.05, 0.1) is 18.4 Å². The minimum atomic E-state index is 0.698. The molecule has 4 heteroatoms. The fourth-order valence-corrected chi connectivity index (χ4v) is 2.03. The van der Waals surface area contributed by atoms with Gasteiger partial charge in [-0.2, -0.15) is 0 Å². The first kappa shape index (κ1) is 10.8. The van der Waals surface area contributed by atoms with Crippen molar-refractivity contribution in [2.45, 2.75) is 25.4 Å². The molecule has 1 aliphatic carbocycles. The van der Waals surface area contributed by atoms with Gasteiger partial charge in [-0.25, -0.2) is 4.98 Å². The molecule has 0 aliphatic heterocycles. The summed E-state index contributed by atoms with van der Waals surface area (Å²) in [6.07, 6.45) is 4.42. The van der Waals surface area contributed by atoms with Crippen molar-refractivity contribution in [2.75, 3.05) is 0 Å². The molecule has 1 saturated carbocycles. The molecule has 1 aliphatic rings. The van der Waals surface area contributed by atoms with Crippen LogP contribution in [0.15, 0.2) is 30.5 Å². The van der Waals surface area contributed by atoms with Crippen LogP contribution >= 0.6 is 11.6 Å². The van der Waals surface area contributed by atoms with Gasteiger partial charge in [0.15, 0.2) is 0 Å². The number of rotatable bonds is 4. The summed E-state index contributed by atoms with van der Waals surface area (Å²) in [4.78, 5) is 7.65. The minimum Gasteiger partial charge on any atom is -0.341 e. The molecule has 17 heavy (non-hydrogen) atoms. The van der Waals surface area contributed by atoms with E-state index in [4.69, 9.17) is 11.6 Å². The van der Waals surface area contributed by atoms with Crippen molar-refractivity contribution in [3.8, 4) is 11.3 Å². The summed E-state index contributed by atoms with van der Waals surface area (Å²) in [5.74, 6) is 0.965. The lowest BCUT2D eigenvalue weighted by atomic mass is 10.2. The predicted octanol–water partition coefficient (Wildman–Crippen LogP) is 2.98. The first-order chi connectivity index (χ1) is 8.33. The molecule has 0 saturated heterocycles. The molecular weight excluding hydrogens is 234 g/mol. The van der Waals surface area contributed by atoms with E-state index in [1.807, 2.05) is 30.5 Å². The lowest BCUT2D eigenvalue weighted by molar-refractivity contribution is 0.664. The molecule has 3 nitrogen and oxygen atoms in total. The highest BCUT2D eigenvalue weighted by Crippen LogP contribution is 2.26. The molecule has 3 rings (SSSR count). The van der Waals surface area contributed by atoms with E-state index in [0.717, 1.165) is 28.6 Å². The average molecular weight is 248 g/mol. The van der Waals surface area contributed by atoms with Gasteiger partial charge in [0, 0.05) is 16.6 Å². The number of aromatic nitrogens is 2. The van der Waals surface area contributed by atoms with Gasteiger partial charge in [-0.1, -0.05) is 29.8 Å². The third-order valence-corrected chi connectivity index (χ3v) is 3.26. The Kier molecular flexibility index (Phi) is 2.87. The van der Waals surface area contributed by atoms with Gasteiger partial charge >= 0.3 is 0 Å². The second-order valence-corrected chi connectivity index (χ2v) is 4.79. The highest BCUT2D eigenvalue weighted by molar-refractivity contribution is 6.33. The molecule has 1 aromatic carbocycles. The fraction of sp³-hybridized carbons (Fsp3) is 0.308. The van der Waals surface area contributed by atoms with Gasteiger partial charge in [0.25, 0.3) is 0 Å². The Hall–Kier alpha value is -1.32. The third-order valence-electron chi connectivity index (χ3n) is 2.93. The number of imidazole rings is 1. The van der Waals surface area contributed by atoms with E-state index in [0.29, 0.717) is 6.04 Å². The van der Waals surface area contributed by atoms with Crippen LogP contribution in [-0.2, 0) is 6.54 Å². The van der Waals surface area contributed by atoms with Crippen molar-refractivity contribution in [3.63, 3.8) is 0 Å². The van der Waals surface area contributed by atoms with E-state index in [2.05, 4.69) is 15.3 Å². The molecule has 0 spiro atoms. The van der Waals surface area contributed by atoms with E-state index in [1.165, 1.54) is 12.8 Å². The summed E-state index contributed by atoms with van der Waals surface area (Å²) in [6.45, 7) is 0.801. The number of nitrogens with one attached hydrogen (secondary N) is 2. The predicted molar refractivity (Wildman–Crippen MR) is 68.9 cm³/mol. The van der Waals surface area contributed by atoms with Gasteiger partial charge in [-0.3, -0.25) is 0 Å². The van der Waals surface area contributed by atoms with Crippen LogP contribution in [0.25, 0.3) is 11.3 Å². The summed E-state index contributed by atoms with van der Waals surface area (Å²) >= 11 is 6.14. The summed E-state index contributed by atoms with van der Waals surface area (Å²) in [6, 6.07) is 8.49. The normalized spacial score (nSPS) is 15.1. The Labute approximate surface area is 105 Å². The van der Waals surface area contributed by atoms with Gasteiger partial charge in [0.1, 0.15) is 5.82 Å². The lowest BCUT2D eigenvalue weighted by Crippen LogP contribution is -2.16. The number of hydrogen-bond donors (Lipinski definition) is 2. The summed E-state index contributed by atoms with van der Waals surface area (Å²) in [5, 5.41) is 4.17. The van der Waals surface area contributed by atoms with E-state index < -0.39 is 0 Å². The number of halogens is 1. The molecule has 0 radical (unpaired) electrons. The first-order valence-corrected chi connectivity index (χ1v) is 6.23. The number of H-pyrrole nitrogens is 1. The zero-order chi connectivity index (χ0) is 11.7. The zero-order valence-corrected chi connectivity index (χ0v) is 10.2. The van der Waals surface area contributed by atoms with Crippen LogP contribution in [0.2, 0.25) is 5.02 Å². The topological polar surface area (TPSA) is 40.7 Å². The molecule has 88 valence electrons. The van der Waals surface area contributed by atoms with Crippen LogP contribution in [0.1, 0.15) is 18.7 Å². The van der Waals surface area contributed by atoms with Gasteiger partial charge < -0.3 is 10.3 Å². The van der Waals surface area contributed by atoms with Crippen molar-refractivity contribution in [3.05, 3.63) is 41.3 Å². The van der Waals surface area contributed by atoms with Crippen LogP contribution in [0.3, 0.4) is 0 Å². The van der Waals surface area contributed by atoms with Crippen LogP contribution in [0, 0.1) is 0 Å². The number of nitrogens with zero attached hydrogens (tertiary/aromatic N) is 1. The molecule has 0 bridgehead atoms. The van der Waals surface area contributed by atoms with Crippen molar-refractivity contribution in [1.82, 2.24) is 15.3 Å². The van der Waals surface area contributed by atoms with E-state index in [1.54, 1.807) is 0 Å². The van der Waals surface area contributed by atoms with Crippen LogP contribution in [-0.4, -0.2) is 16.0 Å². The van der Waals surface area contributed by atoms with Gasteiger partial charge in [0.2, 0.25) is 0 Å². The zero-order valence-electron chi connectivity index (χ0n) is 9.41. The third kappa shape index (κ3) is 2.51. The molecular formula is C13H14ClN3. The summed E-state index contributed by atoms with van der Waals surface area (Å²) in [5.41, 5.74) is 1.97. The Morgan fingerprint density at radius 2 is 2.18 bits per heavy atom. The fourth-order valence-electron chi connectivity index (χ4n) is 1.80.